The maximum Gasteiger partial charge on any atom is 0.146 e. The van der Waals surface area contributed by atoms with E-state index in [1.807, 2.05) is 30.3 Å². The first-order chi connectivity index (χ1) is 9.74. The van der Waals surface area contributed by atoms with Crippen molar-refractivity contribution >= 4 is 28.2 Å². The van der Waals surface area contributed by atoms with E-state index in [4.69, 9.17) is 11.6 Å². The zero-order valence-electron chi connectivity index (χ0n) is 10.6. The van der Waals surface area contributed by atoms with Gasteiger partial charge in [-0.2, -0.15) is 0 Å². The summed E-state index contributed by atoms with van der Waals surface area (Å²) in [4.78, 5) is 4.35. The van der Waals surface area contributed by atoms with Gasteiger partial charge in [0, 0.05) is 17.5 Å². The zero-order valence-corrected chi connectivity index (χ0v) is 11.4. The summed E-state index contributed by atoms with van der Waals surface area (Å²) in [6.45, 7) is 0.367. The van der Waals surface area contributed by atoms with Gasteiger partial charge in [-0.1, -0.05) is 41.9 Å². The molecule has 1 aromatic heterocycles. The summed E-state index contributed by atoms with van der Waals surface area (Å²) in [7, 11) is 0. The fourth-order valence-corrected chi connectivity index (χ4v) is 2.24. The Morgan fingerprint density at radius 2 is 1.95 bits per heavy atom. The number of rotatable bonds is 3. The molecule has 2 aromatic carbocycles. The number of nitrogens with zero attached hydrogens (tertiary/aromatic N) is 1. The Hall–Kier alpha value is -2.13. The number of anilines is 1. The van der Waals surface area contributed by atoms with E-state index in [-0.39, 0.29) is 10.8 Å². The van der Waals surface area contributed by atoms with Crippen LogP contribution in [0.25, 0.3) is 10.9 Å². The van der Waals surface area contributed by atoms with E-state index in [2.05, 4.69) is 10.3 Å². The average molecular weight is 287 g/mol. The maximum absolute atomic E-state index is 13.8. The Bertz CT molecular complexity index is 758. The molecule has 0 radical (unpaired) electrons. The van der Waals surface area contributed by atoms with Gasteiger partial charge in [-0.3, -0.25) is 4.98 Å². The zero-order chi connectivity index (χ0) is 13.9. The molecule has 0 unspecified atom stereocenters. The number of aromatic nitrogens is 1. The quantitative estimate of drug-likeness (QED) is 0.759. The lowest BCUT2D eigenvalue weighted by Gasteiger charge is -2.08. The lowest BCUT2D eigenvalue weighted by atomic mass is 10.2. The highest BCUT2D eigenvalue weighted by Gasteiger charge is 2.06. The van der Waals surface area contributed by atoms with E-state index in [1.165, 1.54) is 6.07 Å². The lowest BCUT2D eigenvalue weighted by molar-refractivity contribution is 0.613. The summed E-state index contributed by atoms with van der Waals surface area (Å²) in [6, 6.07) is 14.8. The van der Waals surface area contributed by atoms with Gasteiger partial charge < -0.3 is 5.32 Å². The van der Waals surface area contributed by atoms with Crippen molar-refractivity contribution in [3.8, 4) is 0 Å². The van der Waals surface area contributed by atoms with Crippen LogP contribution in [0.1, 0.15) is 5.56 Å². The van der Waals surface area contributed by atoms with Crippen LogP contribution < -0.4 is 5.32 Å². The molecule has 0 spiro atoms. The van der Waals surface area contributed by atoms with Gasteiger partial charge in [0.1, 0.15) is 5.82 Å². The summed E-state index contributed by atoms with van der Waals surface area (Å²) < 4.78 is 13.8. The highest BCUT2D eigenvalue weighted by atomic mass is 35.5. The third kappa shape index (κ3) is 2.58. The fourth-order valence-electron chi connectivity index (χ4n) is 2.05. The van der Waals surface area contributed by atoms with Crippen molar-refractivity contribution in [1.82, 2.24) is 4.98 Å². The van der Waals surface area contributed by atoms with Gasteiger partial charge in [0.25, 0.3) is 0 Å². The largest absolute Gasteiger partial charge is 0.380 e. The van der Waals surface area contributed by atoms with Gasteiger partial charge in [0.15, 0.2) is 0 Å². The molecule has 0 saturated heterocycles. The minimum absolute atomic E-state index is 0.140. The molecule has 0 amide bonds. The number of pyridine rings is 1. The van der Waals surface area contributed by atoms with Crippen molar-refractivity contribution < 1.29 is 4.39 Å². The lowest BCUT2D eigenvalue weighted by Crippen LogP contribution is -2.02. The van der Waals surface area contributed by atoms with Crippen LogP contribution in [0.3, 0.4) is 0 Å². The number of hydrogen-bond acceptors (Lipinski definition) is 2. The Kier molecular flexibility index (Phi) is 3.52. The molecule has 20 heavy (non-hydrogen) atoms. The molecule has 0 aliphatic carbocycles. The minimum Gasteiger partial charge on any atom is -0.380 e. The van der Waals surface area contributed by atoms with Crippen LogP contribution in [0.4, 0.5) is 10.1 Å². The summed E-state index contributed by atoms with van der Waals surface area (Å²) >= 11 is 5.76. The second-order valence-electron chi connectivity index (χ2n) is 4.48. The third-order valence-corrected chi connectivity index (χ3v) is 3.40. The highest BCUT2D eigenvalue weighted by molar-refractivity contribution is 6.30. The molecule has 2 nitrogen and oxygen atoms in total. The van der Waals surface area contributed by atoms with Crippen LogP contribution >= 0.6 is 11.6 Å². The number of hydrogen-bond donors (Lipinski definition) is 1. The van der Waals surface area contributed by atoms with Gasteiger partial charge in [-0.15, -0.1) is 0 Å². The maximum atomic E-state index is 13.8. The number of nitrogens with one attached hydrogen (secondary N) is 1. The van der Waals surface area contributed by atoms with Crippen molar-refractivity contribution in [2.45, 2.75) is 6.54 Å². The van der Waals surface area contributed by atoms with Crippen LogP contribution in [-0.2, 0) is 6.54 Å². The van der Waals surface area contributed by atoms with Crippen LogP contribution in [0.2, 0.25) is 5.02 Å². The van der Waals surface area contributed by atoms with Gasteiger partial charge >= 0.3 is 0 Å². The first kappa shape index (κ1) is 12.9. The smallest absolute Gasteiger partial charge is 0.146 e. The first-order valence-electron chi connectivity index (χ1n) is 6.25. The predicted octanol–water partition coefficient (Wildman–Crippen LogP) is 4.64. The molecule has 3 aromatic rings. The minimum atomic E-state index is -0.379. The summed E-state index contributed by atoms with van der Waals surface area (Å²) in [6.07, 6.45) is 1.74. The fraction of sp³-hybridized carbons (Fsp3) is 0.0625. The molecule has 1 heterocycles. The van der Waals surface area contributed by atoms with Crippen molar-refractivity contribution in [2.75, 3.05) is 5.32 Å². The SMILES string of the molecule is Fc1c(Cl)cccc1CNc1cnc2ccccc2c1. The number of halogens is 2. The highest BCUT2D eigenvalue weighted by Crippen LogP contribution is 2.20. The van der Waals surface area contributed by atoms with E-state index in [9.17, 15) is 4.39 Å². The Labute approximate surface area is 121 Å². The second kappa shape index (κ2) is 5.47. The van der Waals surface area contributed by atoms with Gasteiger partial charge in [-0.05, 0) is 18.2 Å². The Morgan fingerprint density at radius 1 is 1.10 bits per heavy atom. The molecular weight excluding hydrogens is 275 g/mol. The summed E-state index contributed by atoms with van der Waals surface area (Å²) in [5.41, 5.74) is 2.32. The monoisotopic (exact) mass is 286 g/mol. The topological polar surface area (TPSA) is 24.9 Å². The molecule has 3 rings (SSSR count). The number of para-hydroxylation sites is 1. The van der Waals surface area contributed by atoms with Crippen LogP contribution in [0, 0.1) is 5.82 Å². The molecular formula is C16H12ClFN2. The van der Waals surface area contributed by atoms with Crippen LogP contribution in [0.15, 0.2) is 54.7 Å². The molecule has 1 N–H and O–H groups in total. The van der Waals surface area contributed by atoms with Crippen molar-refractivity contribution in [3.63, 3.8) is 0 Å². The Balaban J connectivity index is 1.81. The molecule has 0 aliphatic heterocycles. The van der Waals surface area contributed by atoms with Gasteiger partial charge in [0.2, 0.25) is 0 Å². The van der Waals surface area contributed by atoms with Crippen molar-refractivity contribution in [1.29, 1.82) is 0 Å². The first-order valence-corrected chi connectivity index (χ1v) is 6.63. The van der Waals surface area contributed by atoms with E-state index in [0.717, 1.165) is 16.6 Å². The summed E-state index contributed by atoms with van der Waals surface area (Å²) in [5.74, 6) is -0.379. The molecule has 0 saturated carbocycles. The van der Waals surface area contributed by atoms with Crippen LogP contribution in [-0.4, -0.2) is 4.98 Å². The van der Waals surface area contributed by atoms with E-state index < -0.39 is 0 Å². The van der Waals surface area contributed by atoms with E-state index in [0.29, 0.717) is 12.1 Å². The average Bonchev–Trinajstić information content (AvgIpc) is 2.48. The van der Waals surface area contributed by atoms with Crippen molar-refractivity contribution in [2.24, 2.45) is 0 Å². The molecule has 100 valence electrons. The molecule has 0 aliphatic rings. The third-order valence-electron chi connectivity index (χ3n) is 3.11. The second-order valence-corrected chi connectivity index (χ2v) is 4.89. The standard InChI is InChI=1S/C16H12ClFN2/c17-14-6-3-5-12(16(14)18)9-19-13-8-11-4-1-2-7-15(11)20-10-13/h1-8,10,19H,9H2. The number of benzene rings is 2. The van der Waals surface area contributed by atoms with Crippen LogP contribution in [0.5, 0.6) is 0 Å². The van der Waals surface area contributed by atoms with E-state index >= 15 is 0 Å². The molecule has 0 atom stereocenters. The van der Waals surface area contributed by atoms with E-state index in [1.54, 1.807) is 18.3 Å². The normalized spacial score (nSPS) is 10.7. The summed E-state index contributed by atoms with van der Waals surface area (Å²) in [5, 5.41) is 4.35. The van der Waals surface area contributed by atoms with Gasteiger partial charge in [0.05, 0.1) is 22.4 Å². The predicted molar refractivity (Wildman–Crippen MR) is 80.5 cm³/mol. The molecule has 4 heteroatoms. The van der Waals surface area contributed by atoms with Gasteiger partial charge in [-0.25, -0.2) is 4.39 Å². The Morgan fingerprint density at radius 3 is 2.85 bits per heavy atom. The molecule has 0 bridgehead atoms. The number of fused-ring (bicyclic) bond motifs is 1. The molecule has 0 fully saturated rings. The van der Waals surface area contributed by atoms with Crippen molar-refractivity contribution in [3.05, 3.63) is 71.1 Å².